The average molecular weight is 290 g/mol. The number of carbonyl (C=O) groups is 1. The van der Waals surface area contributed by atoms with E-state index in [-0.39, 0.29) is 17.2 Å². The minimum absolute atomic E-state index is 0.0629. The summed E-state index contributed by atoms with van der Waals surface area (Å²) >= 11 is 3.10. The number of nitrogens with two attached hydrogens (primary N) is 1. The first kappa shape index (κ1) is 12.5. The number of methoxy groups -OCH3 is 1. The summed E-state index contributed by atoms with van der Waals surface area (Å²) in [5.74, 6) is -1.51. The van der Waals surface area contributed by atoms with Crippen LogP contribution in [0.4, 0.5) is 10.1 Å². The van der Waals surface area contributed by atoms with Crippen molar-refractivity contribution in [3.63, 3.8) is 0 Å². The highest BCUT2D eigenvalue weighted by atomic mass is 79.9. The standard InChI is InChI=1S/C10H9BrFNO3/c1-5(10(14)15-2)16-8-4-6(12)3-7(13)9(8)11/h3-4H,1,13H2,2H3. The zero-order chi connectivity index (χ0) is 12.3. The Bertz CT molecular complexity index is 448. The molecule has 4 nitrogen and oxygen atoms in total. The summed E-state index contributed by atoms with van der Waals surface area (Å²) in [4.78, 5) is 11.0. The van der Waals surface area contributed by atoms with Crippen molar-refractivity contribution in [1.82, 2.24) is 0 Å². The molecule has 0 unspecified atom stereocenters. The molecule has 0 saturated carbocycles. The Labute approximate surface area is 100.0 Å². The van der Waals surface area contributed by atoms with Crippen LogP contribution in [0.1, 0.15) is 0 Å². The number of hydrogen-bond acceptors (Lipinski definition) is 4. The summed E-state index contributed by atoms with van der Waals surface area (Å²) in [6.45, 7) is 3.34. The Morgan fingerprint density at radius 1 is 1.56 bits per heavy atom. The average Bonchev–Trinajstić information content (AvgIpc) is 2.23. The van der Waals surface area contributed by atoms with Crippen molar-refractivity contribution in [3.8, 4) is 5.75 Å². The van der Waals surface area contributed by atoms with Gasteiger partial charge >= 0.3 is 5.97 Å². The maximum absolute atomic E-state index is 13.0. The molecule has 0 aliphatic carbocycles. The van der Waals surface area contributed by atoms with Crippen LogP contribution >= 0.6 is 15.9 Å². The van der Waals surface area contributed by atoms with Gasteiger partial charge in [-0.25, -0.2) is 9.18 Å². The van der Waals surface area contributed by atoms with Gasteiger partial charge in [0.15, 0.2) is 0 Å². The fraction of sp³-hybridized carbons (Fsp3) is 0.100. The Balaban J connectivity index is 2.97. The van der Waals surface area contributed by atoms with E-state index in [1.165, 1.54) is 7.11 Å². The number of rotatable bonds is 3. The molecule has 1 aromatic carbocycles. The molecular weight excluding hydrogens is 281 g/mol. The maximum atomic E-state index is 13.0. The summed E-state index contributed by atoms with van der Waals surface area (Å²) in [5, 5.41) is 0. The molecule has 0 atom stereocenters. The van der Waals surface area contributed by atoms with Crippen LogP contribution in [0.5, 0.6) is 5.75 Å². The summed E-state index contributed by atoms with van der Waals surface area (Å²) < 4.78 is 22.8. The second-order valence-electron chi connectivity index (χ2n) is 2.82. The van der Waals surface area contributed by atoms with Crippen LogP contribution in [0.2, 0.25) is 0 Å². The number of anilines is 1. The van der Waals surface area contributed by atoms with Gasteiger partial charge in [-0.05, 0) is 28.6 Å². The Morgan fingerprint density at radius 2 is 2.19 bits per heavy atom. The molecule has 6 heteroatoms. The Kier molecular flexibility index (Phi) is 3.89. The maximum Gasteiger partial charge on any atom is 0.373 e. The second kappa shape index (κ2) is 4.98. The van der Waals surface area contributed by atoms with Gasteiger partial charge < -0.3 is 15.2 Å². The molecule has 0 radical (unpaired) electrons. The van der Waals surface area contributed by atoms with Gasteiger partial charge in [-0.3, -0.25) is 0 Å². The molecule has 0 fully saturated rings. The predicted octanol–water partition coefficient (Wildman–Crippen LogP) is 2.24. The third-order valence-electron chi connectivity index (χ3n) is 1.68. The normalized spacial score (nSPS) is 9.69. The van der Waals surface area contributed by atoms with E-state index >= 15 is 0 Å². The molecule has 0 aliphatic rings. The number of nitrogen functional groups attached to an aromatic ring is 1. The molecule has 0 spiro atoms. The highest BCUT2D eigenvalue weighted by molar-refractivity contribution is 9.10. The van der Waals surface area contributed by atoms with Gasteiger partial charge in [-0.1, -0.05) is 0 Å². The van der Waals surface area contributed by atoms with E-state index in [0.717, 1.165) is 12.1 Å². The first-order chi connectivity index (χ1) is 7.45. The number of ether oxygens (including phenoxy) is 2. The number of hydrogen-bond donors (Lipinski definition) is 1. The van der Waals surface area contributed by atoms with Crippen LogP contribution < -0.4 is 10.5 Å². The summed E-state index contributed by atoms with van der Waals surface area (Å²) in [6.07, 6.45) is 0. The van der Waals surface area contributed by atoms with Crippen molar-refractivity contribution in [2.24, 2.45) is 0 Å². The molecule has 0 aliphatic heterocycles. The van der Waals surface area contributed by atoms with E-state index < -0.39 is 11.8 Å². The fourth-order valence-electron chi connectivity index (χ4n) is 0.947. The molecule has 0 heterocycles. The molecular formula is C10H9BrFNO3. The largest absolute Gasteiger partial charge is 0.463 e. The lowest BCUT2D eigenvalue weighted by Gasteiger charge is -2.10. The highest BCUT2D eigenvalue weighted by Crippen LogP contribution is 2.32. The quantitative estimate of drug-likeness (QED) is 0.401. The van der Waals surface area contributed by atoms with Gasteiger partial charge in [-0.15, -0.1) is 0 Å². The number of benzene rings is 1. The lowest BCUT2D eigenvalue weighted by Crippen LogP contribution is -2.10. The molecule has 0 aromatic heterocycles. The molecule has 0 bridgehead atoms. The van der Waals surface area contributed by atoms with Crippen molar-refractivity contribution in [2.75, 3.05) is 12.8 Å². The van der Waals surface area contributed by atoms with E-state index in [0.29, 0.717) is 4.47 Å². The summed E-state index contributed by atoms with van der Waals surface area (Å²) in [5.41, 5.74) is 5.65. The summed E-state index contributed by atoms with van der Waals surface area (Å²) in [7, 11) is 1.19. The van der Waals surface area contributed by atoms with Crippen LogP contribution in [0.25, 0.3) is 0 Å². The predicted molar refractivity (Wildman–Crippen MR) is 60.3 cm³/mol. The third-order valence-corrected chi connectivity index (χ3v) is 2.53. The minimum atomic E-state index is -0.741. The third kappa shape index (κ3) is 2.73. The van der Waals surface area contributed by atoms with Crippen LogP contribution in [-0.4, -0.2) is 13.1 Å². The Hall–Kier alpha value is -1.56. The van der Waals surface area contributed by atoms with E-state index in [4.69, 9.17) is 10.5 Å². The monoisotopic (exact) mass is 289 g/mol. The smallest absolute Gasteiger partial charge is 0.373 e. The van der Waals surface area contributed by atoms with Gasteiger partial charge in [0.25, 0.3) is 0 Å². The van der Waals surface area contributed by atoms with Crippen LogP contribution in [-0.2, 0) is 9.53 Å². The first-order valence-corrected chi connectivity index (χ1v) is 4.94. The molecule has 86 valence electrons. The van der Waals surface area contributed by atoms with Crippen molar-refractivity contribution in [3.05, 3.63) is 34.8 Å². The van der Waals surface area contributed by atoms with Crippen LogP contribution in [0.3, 0.4) is 0 Å². The lowest BCUT2D eigenvalue weighted by molar-refractivity contribution is -0.138. The molecule has 1 rings (SSSR count). The van der Waals surface area contributed by atoms with Crippen LogP contribution in [0, 0.1) is 5.82 Å². The Morgan fingerprint density at radius 3 is 2.75 bits per heavy atom. The van der Waals surface area contributed by atoms with Gasteiger partial charge in [0, 0.05) is 6.07 Å². The van der Waals surface area contributed by atoms with E-state index in [9.17, 15) is 9.18 Å². The minimum Gasteiger partial charge on any atom is -0.463 e. The molecule has 0 amide bonds. The van der Waals surface area contributed by atoms with Crippen molar-refractivity contribution >= 4 is 27.6 Å². The highest BCUT2D eigenvalue weighted by Gasteiger charge is 2.14. The zero-order valence-corrected chi connectivity index (χ0v) is 10.0. The van der Waals surface area contributed by atoms with Gasteiger partial charge in [-0.2, -0.15) is 0 Å². The molecule has 2 N–H and O–H groups in total. The second-order valence-corrected chi connectivity index (χ2v) is 3.62. The summed E-state index contributed by atoms with van der Waals surface area (Å²) in [6, 6.07) is 2.20. The van der Waals surface area contributed by atoms with E-state index in [1.54, 1.807) is 0 Å². The van der Waals surface area contributed by atoms with Gasteiger partial charge in [0.05, 0.1) is 17.3 Å². The number of esters is 1. The fourth-order valence-corrected chi connectivity index (χ4v) is 1.26. The van der Waals surface area contributed by atoms with Crippen molar-refractivity contribution in [2.45, 2.75) is 0 Å². The van der Waals surface area contributed by atoms with Crippen molar-refractivity contribution < 1.29 is 18.7 Å². The van der Waals surface area contributed by atoms with Crippen LogP contribution in [0.15, 0.2) is 28.9 Å². The SMILES string of the molecule is C=C(Oc1cc(F)cc(N)c1Br)C(=O)OC. The molecule has 0 saturated heterocycles. The number of halogens is 2. The molecule has 1 aromatic rings. The topological polar surface area (TPSA) is 61.5 Å². The van der Waals surface area contributed by atoms with Gasteiger partial charge in [0.1, 0.15) is 11.6 Å². The lowest BCUT2D eigenvalue weighted by atomic mass is 10.3. The van der Waals surface area contributed by atoms with E-state index in [2.05, 4.69) is 27.2 Å². The number of carbonyl (C=O) groups excluding carboxylic acids is 1. The first-order valence-electron chi connectivity index (χ1n) is 4.15. The molecule has 16 heavy (non-hydrogen) atoms. The zero-order valence-electron chi connectivity index (χ0n) is 8.42. The van der Waals surface area contributed by atoms with Crippen molar-refractivity contribution in [1.29, 1.82) is 0 Å². The van der Waals surface area contributed by atoms with E-state index in [1.807, 2.05) is 0 Å². The van der Waals surface area contributed by atoms with Gasteiger partial charge in [0.2, 0.25) is 5.76 Å².